The molecule has 1 saturated carbocycles. The SMILES string of the molecule is CCC(C(=O)NC1CCCCC1)N(Cc1ccc(C)cc1)C(=O)CCCN(c1ccc(OC)c(Cl)c1)S(C)(=O)=O. The number of hydrogen-bond donors (Lipinski definition) is 1. The van der Waals surface area contributed by atoms with Crippen molar-refractivity contribution in [1.29, 1.82) is 0 Å². The summed E-state index contributed by atoms with van der Waals surface area (Å²) in [6.07, 6.45) is 7.29. The fraction of sp³-hybridized carbons (Fsp3) is 0.533. The predicted octanol–water partition coefficient (Wildman–Crippen LogP) is 5.46. The Bertz CT molecular complexity index is 1250. The summed E-state index contributed by atoms with van der Waals surface area (Å²) < 4.78 is 31.6. The molecule has 0 aliphatic heterocycles. The first-order chi connectivity index (χ1) is 19.0. The summed E-state index contributed by atoms with van der Waals surface area (Å²) in [4.78, 5) is 28.7. The van der Waals surface area contributed by atoms with Crippen molar-refractivity contribution in [1.82, 2.24) is 10.2 Å². The lowest BCUT2D eigenvalue weighted by Crippen LogP contribution is -2.51. The molecule has 0 aromatic heterocycles. The number of benzene rings is 2. The van der Waals surface area contributed by atoms with Crippen LogP contribution >= 0.6 is 11.6 Å². The molecule has 0 radical (unpaired) electrons. The minimum atomic E-state index is -3.63. The fourth-order valence-electron chi connectivity index (χ4n) is 5.17. The Morgan fingerprint density at radius 2 is 1.77 bits per heavy atom. The number of carbonyl (C=O) groups excluding carboxylic acids is 2. The molecule has 40 heavy (non-hydrogen) atoms. The average molecular weight is 592 g/mol. The summed E-state index contributed by atoms with van der Waals surface area (Å²) in [6, 6.07) is 12.2. The molecule has 2 aromatic carbocycles. The molecule has 10 heteroatoms. The Hall–Kier alpha value is -2.78. The van der Waals surface area contributed by atoms with Crippen molar-refractivity contribution >= 4 is 39.1 Å². The maximum Gasteiger partial charge on any atom is 0.243 e. The number of nitrogens with one attached hydrogen (secondary N) is 1. The molecular formula is C30H42ClN3O5S. The number of aryl methyl sites for hydroxylation is 1. The third-order valence-corrected chi connectivity index (χ3v) is 8.88. The molecule has 1 N–H and O–H groups in total. The van der Waals surface area contributed by atoms with E-state index in [4.69, 9.17) is 16.3 Å². The van der Waals surface area contributed by atoms with Crippen LogP contribution in [-0.4, -0.2) is 57.1 Å². The van der Waals surface area contributed by atoms with Crippen LogP contribution in [0.3, 0.4) is 0 Å². The molecule has 8 nitrogen and oxygen atoms in total. The van der Waals surface area contributed by atoms with Crippen LogP contribution in [0.4, 0.5) is 5.69 Å². The molecule has 2 aromatic rings. The first kappa shape index (κ1) is 31.7. The third kappa shape index (κ3) is 8.86. The summed E-state index contributed by atoms with van der Waals surface area (Å²) in [5, 5.41) is 3.48. The molecule has 3 rings (SSSR count). The van der Waals surface area contributed by atoms with Gasteiger partial charge in [-0.25, -0.2) is 8.42 Å². The number of anilines is 1. The van der Waals surface area contributed by atoms with Gasteiger partial charge in [0.2, 0.25) is 21.8 Å². The number of ether oxygens (including phenoxy) is 1. The number of nitrogens with zero attached hydrogens (tertiary/aromatic N) is 2. The summed E-state index contributed by atoms with van der Waals surface area (Å²) in [7, 11) is -2.14. The molecule has 1 fully saturated rings. The van der Waals surface area contributed by atoms with Crippen LogP contribution in [0, 0.1) is 6.92 Å². The van der Waals surface area contributed by atoms with E-state index in [2.05, 4.69) is 5.32 Å². The first-order valence-electron chi connectivity index (χ1n) is 14.0. The van der Waals surface area contributed by atoms with Gasteiger partial charge in [0.1, 0.15) is 11.8 Å². The molecule has 0 heterocycles. The van der Waals surface area contributed by atoms with Gasteiger partial charge in [-0.15, -0.1) is 0 Å². The highest BCUT2D eigenvalue weighted by molar-refractivity contribution is 7.92. The van der Waals surface area contributed by atoms with E-state index in [9.17, 15) is 18.0 Å². The van der Waals surface area contributed by atoms with Gasteiger partial charge in [-0.1, -0.05) is 67.6 Å². The molecule has 0 spiro atoms. The third-order valence-electron chi connectivity index (χ3n) is 7.39. The molecule has 220 valence electrons. The van der Waals surface area contributed by atoms with Gasteiger partial charge in [0.15, 0.2) is 0 Å². The van der Waals surface area contributed by atoms with Gasteiger partial charge in [0.05, 0.1) is 24.1 Å². The van der Waals surface area contributed by atoms with Gasteiger partial charge in [-0.2, -0.15) is 0 Å². The lowest BCUT2D eigenvalue weighted by atomic mass is 9.95. The van der Waals surface area contributed by atoms with Gasteiger partial charge in [0.25, 0.3) is 0 Å². The molecule has 0 saturated heterocycles. The second-order valence-corrected chi connectivity index (χ2v) is 12.8. The smallest absolute Gasteiger partial charge is 0.243 e. The van der Waals surface area contributed by atoms with Gasteiger partial charge in [0, 0.05) is 25.6 Å². The highest BCUT2D eigenvalue weighted by atomic mass is 35.5. The first-order valence-corrected chi connectivity index (χ1v) is 16.2. The minimum Gasteiger partial charge on any atom is -0.495 e. The maximum absolute atomic E-state index is 13.7. The number of halogens is 1. The second kappa shape index (κ2) is 14.7. The van der Waals surface area contributed by atoms with Crippen LogP contribution in [0.25, 0.3) is 0 Å². The molecule has 0 bridgehead atoms. The largest absolute Gasteiger partial charge is 0.495 e. The zero-order valence-electron chi connectivity index (χ0n) is 24.0. The maximum atomic E-state index is 13.7. The Balaban J connectivity index is 1.76. The van der Waals surface area contributed by atoms with E-state index in [1.807, 2.05) is 38.1 Å². The van der Waals surface area contributed by atoms with Crippen LogP contribution in [0.5, 0.6) is 5.75 Å². The Morgan fingerprint density at radius 3 is 2.35 bits per heavy atom. The van der Waals surface area contributed by atoms with Gasteiger partial charge in [-0.3, -0.25) is 13.9 Å². The molecule has 2 amide bonds. The van der Waals surface area contributed by atoms with E-state index in [1.54, 1.807) is 17.0 Å². The zero-order chi connectivity index (χ0) is 29.3. The number of carbonyl (C=O) groups is 2. The molecule has 1 aliphatic rings. The topological polar surface area (TPSA) is 96.0 Å². The monoisotopic (exact) mass is 591 g/mol. The van der Waals surface area contributed by atoms with Gasteiger partial charge >= 0.3 is 0 Å². The van der Waals surface area contributed by atoms with Crippen molar-refractivity contribution < 1.29 is 22.7 Å². The van der Waals surface area contributed by atoms with Crippen molar-refractivity contribution in [2.75, 3.05) is 24.2 Å². The average Bonchev–Trinajstić information content (AvgIpc) is 2.91. The van der Waals surface area contributed by atoms with E-state index in [-0.39, 0.29) is 37.2 Å². The highest BCUT2D eigenvalue weighted by Gasteiger charge is 2.30. The molecule has 1 aliphatic carbocycles. The van der Waals surface area contributed by atoms with Gasteiger partial charge < -0.3 is 15.0 Å². The normalized spacial score (nSPS) is 14.8. The van der Waals surface area contributed by atoms with E-state index in [1.165, 1.54) is 23.9 Å². The van der Waals surface area contributed by atoms with Gasteiger partial charge in [-0.05, 0) is 56.4 Å². The van der Waals surface area contributed by atoms with Crippen molar-refractivity contribution in [2.45, 2.75) is 83.8 Å². The quantitative estimate of drug-likeness (QED) is 0.334. The molecule has 1 atom stereocenters. The Labute approximate surface area is 244 Å². The van der Waals surface area contributed by atoms with Crippen LogP contribution in [0.1, 0.15) is 69.4 Å². The van der Waals surface area contributed by atoms with Crippen LogP contribution in [-0.2, 0) is 26.2 Å². The van der Waals surface area contributed by atoms with E-state index >= 15 is 0 Å². The summed E-state index contributed by atoms with van der Waals surface area (Å²) in [6.45, 7) is 4.32. The minimum absolute atomic E-state index is 0.0922. The van der Waals surface area contributed by atoms with Crippen LogP contribution < -0.4 is 14.4 Å². The molecule has 1 unspecified atom stereocenters. The lowest BCUT2D eigenvalue weighted by Gasteiger charge is -2.33. The van der Waals surface area contributed by atoms with Crippen molar-refractivity contribution in [3.63, 3.8) is 0 Å². The number of hydrogen-bond acceptors (Lipinski definition) is 5. The fourth-order valence-corrected chi connectivity index (χ4v) is 6.38. The summed E-state index contributed by atoms with van der Waals surface area (Å²) in [5.41, 5.74) is 2.45. The van der Waals surface area contributed by atoms with Crippen LogP contribution in [0.15, 0.2) is 42.5 Å². The van der Waals surface area contributed by atoms with Crippen molar-refractivity contribution in [2.24, 2.45) is 0 Å². The zero-order valence-corrected chi connectivity index (χ0v) is 25.6. The standard InChI is InChI=1S/C30H42ClN3O5S/c1-5-27(30(36)32-24-10-7-6-8-11-24)33(21-23-15-13-22(2)14-16-23)29(35)12-9-19-34(40(4,37)38)25-17-18-28(39-3)26(31)20-25/h13-18,20,24,27H,5-12,19,21H2,1-4H3,(H,32,36). The van der Waals surface area contributed by atoms with E-state index in [0.717, 1.165) is 43.1 Å². The van der Waals surface area contributed by atoms with E-state index in [0.29, 0.717) is 29.4 Å². The van der Waals surface area contributed by atoms with Crippen molar-refractivity contribution in [3.8, 4) is 5.75 Å². The number of sulfonamides is 1. The highest BCUT2D eigenvalue weighted by Crippen LogP contribution is 2.30. The number of rotatable bonds is 13. The van der Waals surface area contributed by atoms with E-state index < -0.39 is 16.1 Å². The second-order valence-electron chi connectivity index (χ2n) is 10.5. The Kier molecular flexibility index (Phi) is 11.7. The molecular weight excluding hydrogens is 550 g/mol. The van der Waals surface area contributed by atoms with Crippen molar-refractivity contribution in [3.05, 3.63) is 58.6 Å². The lowest BCUT2D eigenvalue weighted by molar-refractivity contribution is -0.141. The van der Waals surface area contributed by atoms with Crippen LogP contribution in [0.2, 0.25) is 5.02 Å². The predicted molar refractivity (Wildman–Crippen MR) is 160 cm³/mol. The summed E-state index contributed by atoms with van der Waals surface area (Å²) >= 11 is 6.24. The number of amides is 2. The summed E-state index contributed by atoms with van der Waals surface area (Å²) in [5.74, 6) is 0.130. The Morgan fingerprint density at radius 1 is 1.10 bits per heavy atom. The number of methoxy groups -OCH3 is 1.